The number of hydrogen-bond acceptors (Lipinski definition) is 3. The molecule has 0 aromatic rings. The van der Waals surface area contributed by atoms with Crippen LogP contribution in [-0.4, -0.2) is 26.2 Å². The summed E-state index contributed by atoms with van der Waals surface area (Å²) < 4.78 is 0. The average Bonchev–Trinajstić information content (AvgIpc) is 2.61. The lowest BCUT2D eigenvalue weighted by Crippen LogP contribution is -2.22. The van der Waals surface area contributed by atoms with Gasteiger partial charge in [-0.2, -0.15) is 0 Å². The van der Waals surface area contributed by atoms with Crippen LogP contribution in [0.3, 0.4) is 0 Å². The van der Waals surface area contributed by atoms with Crippen molar-refractivity contribution in [1.29, 1.82) is 0 Å². The zero-order valence-corrected chi connectivity index (χ0v) is 17.1. The molecule has 0 aromatic carbocycles. The molecular formula is C22H47N3. The zero-order valence-electron chi connectivity index (χ0n) is 17.1. The minimum atomic E-state index is 0.708. The number of hydrogen-bond donors (Lipinski definition) is 3. The summed E-state index contributed by atoms with van der Waals surface area (Å²) in [6.07, 6.45) is 23.1. The van der Waals surface area contributed by atoms with Crippen LogP contribution in [0.1, 0.15) is 96.8 Å². The fraction of sp³-hybridized carbons (Fsp3) is 0.909. The molecule has 0 amide bonds. The van der Waals surface area contributed by atoms with Crippen molar-refractivity contribution >= 4 is 0 Å². The van der Waals surface area contributed by atoms with Gasteiger partial charge in [-0.3, -0.25) is 0 Å². The molecule has 0 saturated heterocycles. The molecule has 0 aliphatic carbocycles. The summed E-state index contributed by atoms with van der Waals surface area (Å²) in [7, 11) is 0. The highest BCUT2D eigenvalue weighted by Gasteiger charge is 2.05. The highest BCUT2D eigenvalue weighted by molar-refractivity contribution is 4.81. The number of allylic oxidation sites excluding steroid dienone is 2. The maximum Gasteiger partial charge on any atom is -0.00463 e. The predicted molar refractivity (Wildman–Crippen MR) is 114 cm³/mol. The monoisotopic (exact) mass is 353 g/mol. The first-order chi connectivity index (χ1) is 12.3. The number of unbranched alkanes of at least 4 members (excludes halogenated alkanes) is 9. The van der Waals surface area contributed by atoms with E-state index >= 15 is 0 Å². The molecule has 0 unspecified atom stereocenters. The minimum absolute atomic E-state index is 0.708. The molecule has 0 saturated carbocycles. The van der Waals surface area contributed by atoms with E-state index in [1.165, 1.54) is 77.0 Å². The van der Waals surface area contributed by atoms with E-state index in [0.717, 1.165) is 39.0 Å². The van der Waals surface area contributed by atoms with Gasteiger partial charge in [0, 0.05) is 0 Å². The third-order valence-corrected chi connectivity index (χ3v) is 4.99. The Morgan fingerprint density at radius 2 is 1.24 bits per heavy atom. The van der Waals surface area contributed by atoms with Crippen LogP contribution in [0.5, 0.6) is 0 Å². The predicted octanol–water partition coefficient (Wildman–Crippen LogP) is 5.15. The highest BCUT2D eigenvalue weighted by atomic mass is 14.8. The summed E-state index contributed by atoms with van der Waals surface area (Å²) in [5.41, 5.74) is 11.3. The number of rotatable bonds is 20. The Kier molecular flexibility index (Phi) is 21.3. The molecule has 0 fully saturated rings. The van der Waals surface area contributed by atoms with Gasteiger partial charge >= 0.3 is 0 Å². The molecular weight excluding hydrogens is 306 g/mol. The summed E-state index contributed by atoms with van der Waals surface area (Å²) in [5.74, 6) is 0.708. The summed E-state index contributed by atoms with van der Waals surface area (Å²) >= 11 is 0. The summed E-state index contributed by atoms with van der Waals surface area (Å²) in [6, 6.07) is 0. The molecule has 0 bridgehead atoms. The van der Waals surface area contributed by atoms with Crippen LogP contribution in [0.4, 0.5) is 0 Å². The van der Waals surface area contributed by atoms with Gasteiger partial charge < -0.3 is 16.8 Å². The van der Waals surface area contributed by atoms with Crippen LogP contribution >= 0.6 is 0 Å². The molecule has 0 rings (SSSR count). The molecule has 5 N–H and O–H groups in total. The van der Waals surface area contributed by atoms with Crippen LogP contribution < -0.4 is 16.8 Å². The van der Waals surface area contributed by atoms with Crippen molar-refractivity contribution in [3.63, 3.8) is 0 Å². The second-order valence-corrected chi connectivity index (χ2v) is 7.44. The van der Waals surface area contributed by atoms with Crippen molar-refractivity contribution in [3.8, 4) is 0 Å². The molecule has 0 atom stereocenters. The second-order valence-electron chi connectivity index (χ2n) is 7.44. The van der Waals surface area contributed by atoms with Gasteiger partial charge in [-0.1, -0.05) is 57.6 Å². The Balaban J connectivity index is 3.23. The fourth-order valence-electron chi connectivity index (χ4n) is 3.30. The average molecular weight is 354 g/mol. The third-order valence-electron chi connectivity index (χ3n) is 4.99. The third kappa shape index (κ3) is 19.8. The van der Waals surface area contributed by atoms with Gasteiger partial charge in [-0.15, -0.1) is 0 Å². The standard InChI is InChI=1S/C22H47N3/c1-2-3-4-5-6-7-8-9-10-11-12-13-14-20-25-21-17-22(15-18-23)16-19-24/h9-10,22,25H,2-8,11-21,23-24H2,1H3. The van der Waals surface area contributed by atoms with Crippen LogP contribution in [0.2, 0.25) is 0 Å². The van der Waals surface area contributed by atoms with Gasteiger partial charge in [0.1, 0.15) is 0 Å². The molecule has 0 heterocycles. The van der Waals surface area contributed by atoms with E-state index in [4.69, 9.17) is 11.5 Å². The van der Waals surface area contributed by atoms with E-state index in [1.807, 2.05) is 0 Å². The fourth-order valence-corrected chi connectivity index (χ4v) is 3.30. The molecule has 25 heavy (non-hydrogen) atoms. The first kappa shape index (κ1) is 24.6. The van der Waals surface area contributed by atoms with Gasteiger partial charge in [0.25, 0.3) is 0 Å². The summed E-state index contributed by atoms with van der Waals surface area (Å²) in [4.78, 5) is 0. The van der Waals surface area contributed by atoms with E-state index in [-0.39, 0.29) is 0 Å². The van der Waals surface area contributed by atoms with Crippen LogP contribution in [0.15, 0.2) is 12.2 Å². The molecule has 0 spiro atoms. The lowest BCUT2D eigenvalue weighted by atomic mass is 9.97. The van der Waals surface area contributed by atoms with Crippen molar-refractivity contribution in [3.05, 3.63) is 12.2 Å². The first-order valence-electron chi connectivity index (χ1n) is 11.1. The van der Waals surface area contributed by atoms with E-state index < -0.39 is 0 Å². The van der Waals surface area contributed by atoms with E-state index in [0.29, 0.717) is 5.92 Å². The Hall–Kier alpha value is -0.380. The molecule has 0 aliphatic rings. The van der Waals surface area contributed by atoms with Crippen molar-refractivity contribution in [2.24, 2.45) is 17.4 Å². The molecule has 3 heteroatoms. The minimum Gasteiger partial charge on any atom is -0.330 e. The van der Waals surface area contributed by atoms with Crippen LogP contribution in [0, 0.1) is 5.92 Å². The lowest BCUT2D eigenvalue weighted by Gasteiger charge is -2.15. The summed E-state index contributed by atoms with van der Waals surface area (Å²) in [5, 5.41) is 3.57. The molecule has 150 valence electrons. The normalized spacial score (nSPS) is 11.8. The number of nitrogens with one attached hydrogen (secondary N) is 1. The van der Waals surface area contributed by atoms with Gasteiger partial charge in [0.05, 0.1) is 0 Å². The zero-order chi connectivity index (χ0) is 18.4. The van der Waals surface area contributed by atoms with Crippen molar-refractivity contribution in [1.82, 2.24) is 5.32 Å². The molecule has 3 nitrogen and oxygen atoms in total. The smallest absolute Gasteiger partial charge is 0.00463 e. The van der Waals surface area contributed by atoms with Crippen molar-refractivity contribution < 1.29 is 0 Å². The quantitative estimate of drug-likeness (QED) is 0.209. The van der Waals surface area contributed by atoms with Gasteiger partial charge in [-0.05, 0) is 83.5 Å². The van der Waals surface area contributed by atoms with Crippen molar-refractivity contribution in [2.45, 2.75) is 96.8 Å². The SMILES string of the molecule is CCCCCCCCC=CCCCCCNCCC(CCN)CCN. The second kappa shape index (κ2) is 21.7. The van der Waals surface area contributed by atoms with E-state index in [9.17, 15) is 0 Å². The van der Waals surface area contributed by atoms with Crippen LogP contribution in [-0.2, 0) is 0 Å². The Morgan fingerprint density at radius 3 is 1.84 bits per heavy atom. The van der Waals surface area contributed by atoms with E-state index in [1.54, 1.807) is 0 Å². The first-order valence-corrected chi connectivity index (χ1v) is 11.1. The molecule has 0 aromatic heterocycles. The molecule has 0 radical (unpaired) electrons. The van der Waals surface area contributed by atoms with Crippen LogP contribution in [0.25, 0.3) is 0 Å². The lowest BCUT2D eigenvalue weighted by molar-refractivity contribution is 0.416. The molecule has 0 aliphatic heterocycles. The highest BCUT2D eigenvalue weighted by Crippen LogP contribution is 2.11. The Labute approximate surface area is 158 Å². The van der Waals surface area contributed by atoms with Crippen molar-refractivity contribution in [2.75, 3.05) is 26.2 Å². The Morgan fingerprint density at radius 1 is 0.680 bits per heavy atom. The Bertz CT molecular complexity index is 260. The van der Waals surface area contributed by atoms with Gasteiger partial charge in [-0.25, -0.2) is 0 Å². The summed E-state index contributed by atoms with van der Waals surface area (Å²) in [6.45, 7) is 6.12. The van der Waals surface area contributed by atoms with E-state index in [2.05, 4.69) is 24.4 Å². The largest absolute Gasteiger partial charge is 0.330 e. The van der Waals surface area contributed by atoms with Gasteiger partial charge in [0.15, 0.2) is 0 Å². The maximum absolute atomic E-state index is 5.65. The number of nitrogens with two attached hydrogens (primary N) is 2. The maximum atomic E-state index is 5.65. The topological polar surface area (TPSA) is 64.1 Å². The van der Waals surface area contributed by atoms with Gasteiger partial charge in [0.2, 0.25) is 0 Å².